The predicted molar refractivity (Wildman–Crippen MR) is 67.0 cm³/mol. The molecule has 5 heteroatoms. The topological polar surface area (TPSA) is 63.3 Å². The first-order valence-electron chi connectivity index (χ1n) is 5.10. The number of hydrogen-bond donors (Lipinski definition) is 1. The summed E-state index contributed by atoms with van der Waals surface area (Å²) < 4.78 is 5.98. The predicted octanol–water partition coefficient (Wildman–Crippen LogP) is 2.73. The minimum atomic E-state index is -0.544. The van der Waals surface area contributed by atoms with Crippen molar-refractivity contribution in [2.45, 2.75) is 13.3 Å². The highest BCUT2D eigenvalue weighted by atomic mass is 79.9. The molecule has 0 aliphatic heterocycles. The highest BCUT2D eigenvalue weighted by molar-refractivity contribution is 9.10. The van der Waals surface area contributed by atoms with Crippen LogP contribution in [0.15, 0.2) is 37.9 Å². The fraction of sp³-hybridized carbons (Fsp3) is 0.167. The van der Waals surface area contributed by atoms with Crippen LogP contribution in [0.3, 0.4) is 0 Å². The molecule has 0 spiro atoms. The Kier molecular flexibility index (Phi) is 3.28. The maximum atomic E-state index is 11.6. The van der Waals surface area contributed by atoms with Gasteiger partial charge in [0.1, 0.15) is 0 Å². The molecular formula is C12H10BrNO3. The van der Waals surface area contributed by atoms with Crippen molar-refractivity contribution in [3.8, 4) is 17.3 Å². The number of nitrogens with zero attached hydrogens (tertiary/aromatic N) is 1. The van der Waals surface area contributed by atoms with Crippen LogP contribution in [-0.4, -0.2) is 10.1 Å². The van der Waals surface area contributed by atoms with E-state index in [9.17, 15) is 9.90 Å². The van der Waals surface area contributed by atoms with Crippen LogP contribution in [0.1, 0.15) is 12.5 Å². The molecule has 1 N–H and O–H groups in total. The van der Waals surface area contributed by atoms with E-state index in [0.717, 1.165) is 4.47 Å². The SMILES string of the molecule is CCc1c(O)nc(-c2ccc(Br)cc2)oc1=O. The Morgan fingerprint density at radius 2 is 2.00 bits per heavy atom. The molecule has 4 nitrogen and oxygen atoms in total. The summed E-state index contributed by atoms with van der Waals surface area (Å²) in [6.45, 7) is 1.76. The number of aromatic nitrogens is 1. The molecule has 1 aromatic carbocycles. The summed E-state index contributed by atoms with van der Waals surface area (Å²) in [6, 6.07) is 7.12. The van der Waals surface area contributed by atoms with Gasteiger partial charge in [0.05, 0.1) is 5.56 Å². The maximum Gasteiger partial charge on any atom is 0.346 e. The average Bonchev–Trinajstić information content (AvgIpc) is 2.29. The molecular weight excluding hydrogens is 286 g/mol. The lowest BCUT2D eigenvalue weighted by Gasteiger charge is -2.02. The lowest BCUT2D eigenvalue weighted by molar-refractivity contribution is 0.411. The highest BCUT2D eigenvalue weighted by Gasteiger charge is 2.12. The van der Waals surface area contributed by atoms with E-state index in [2.05, 4.69) is 20.9 Å². The second kappa shape index (κ2) is 4.71. The molecule has 0 bridgehead atoms. The number of benzene rings is 1. The first-order valence-corrected chi connectivity index (χ1v) is 5.90. The van der Waals surface area contributed by atoms with Crippen LogP contribution in [0.4, 0.5) is 0 Å². The lowest BCUT2D eigenvalue weighted by atomic mass is 10.2. The Labute approximate surface area is 106 Å². The van der Waals surface area contributed by atoms with E-state index in [-0.39, 0.29) is 17.3 Å². The van der Waals surface area contributed by atoms with Gasteiger partial charge in [-0.05, 0) is 30.7 Å². The summed E-state index contributed by atoms with van der Waals surface area (Å²) in [5, 5.41) is 9.61. The van der Waals surface area contributed by atoms with Gasteiger partial charge in [0.25, 0.3) is 0 Å². The van der Waals surface area contributed by atoms with Crippen LogP contribution in [0.5, 0.6) is 5.88 Å². The molecule has 2 aromatic rings. The van der Waals surface area contributed by atoms with Crippen molar-refractivity contribution in [1.82, 2.24) is 4.98 Å². The van der Waals surface area contributed by atoms with Crippen molar-refractivity contribution >= 4 is 15.9 Å². The van der Waals surface area contributed by atoms with Gasteiger partial charge in [0.2, 0.25) is 11.8 Å². The van der Waals surface area contributed by atoms with Gasteiger partial charge >= 0.3 is 5.63 Å². The molecule has 0 saturated heterocycles. The van der Waals surface area contributed by atoms with E-state index in [1.54, 1.807) is 19.1 Å². The Hall–Kier alpha value is -1.62. The van der Waals surface area contributed by atoms with Crippen LogP contribution >= 0.6 is 15.9 Å². The average molecular weight is 296 g/mol. The van der Waals surface area contributed by atoms with E-state index >= 15 is 0 Å². The van der Waals surface area contributed by atoms with E-state index in [1.807, 2.05) is 12.1 Å². The first-order chi connectivity index (χ1) is 8.11. The van der Waals surface area contributed by atoms with Crippen LogP contribution in [0.2, 0.25) is 0 Å². The monoisotopic (exact) mass is 295 g/mol. The minimum Gasteiger partial charge on any atom is -0.493 e. The Balaban J connectivity index is 2.54. The smallest absolute Gasteiger partial charge is 0.346 e. The Morgan fingerprint density at radius 1 is 1.35 bits per heavy atom. The van der Waals surface area contributed by atoms with Gasteiger partial charge in [-0.15, -0.1) is 0 Å². The zero-order valence-corrected chi connectivity index (χ0v) is 10.7. The quantitative estimate of drug-likeness (QED) is 0.925. The maximum absolute atomic E-state index is 11.6. The summed E-state index contributed by atoms with van der Waals surface area (Å²) >= 11 is 3.31. The molecule has 0 aliphatic rings. The van der Waals surface area contributed by atoms with Gasteiger partial charge in [-0.1, -0.05) is 22.9 Å². The van der Waals surface area contributed by atoms with Gasteiger partial charge in [-0.3, -0.25) is 0 Å². The third-order valence-electron chi connectivity index (χ3n) is 2.36. The molecule has 0 radical (unpaired) electrons. The van der Waals surface area contributed by atoms with E-state index < -0.39 is 5.63 Å². The number of aromatic hydroxyl groups is 1. The van der Waals surface area contributed by atoms with Crippen molar-refractivity contribution in [3.63, 3.8) is 0 Å². The summed E-state index contributed by atoms with van der Waals surface area (Å²) in [5.74, 6) is -0.140. The second-order valence-corrected chi connectivity index (χ2v) is 4.38. The van der Waals surface area contributed by atoms with Gasteiger partial charge in [-0.25, -0.2) is 4.79 Å². The van der Waals surface area contributed by atoms with Crippen molar-refractivity contribution in [2.24, 2.45) is 0 Å². The summed E-state index contributed by atoms with van der Waals surface area (Å²) in [7, 11) is 0. The number of rotatable bonds is 2. The largest absolute Gasteiger partial charge is 0.493 e. The van der Waals surface area contributed by atoms with Gasteiger partial charge in [0.15, 0.2) is 0 Å². The Bertz CT molecular complexity index is 590. The fourth-order valence-electron chi connectivity index (χ4n) is 1.45. The number of hydrogen-bond acceptors (Lipinski definition) is 4. The van der Waals surface area contributed by atoms with E-state index in [4.69, 9.17) is 4.42 Å². The summed E-state index contributed by atoms with van der Waals surface area (Å²) in [6.07, 6.45) is 0.391. The van der Waals surface area contributed by atoms with Crippen LogP contribution in [0, 0.1) is 0 Å². The molecule has 0 saturated carbocycles. The molecule has 0 atom stereocenters. The molecule has 0 aliphatic carbocycles. The molecule has 0 unspecified atom stereocenters. The fourth-order valence-corrected chi connectivity index (χ4v) is 1.71. The molecule has 1 aromatic heterocycles. The van der Waals surface area contributed by atoms with E-state index in [1.165, 1.54) is 0 Å². The lowest BCUT2D eigenvalue weighted by Crippen LogP contribution is -2.08. The highest BCUT2D eigenvalue weighted by Crippen LogP contribution is 2.21. The molecule has 17 heavy (non-hydrogen) atoms. The van der Waals surface area contributed by atoms with Crippen molar-refractivity contribution < 1.29 is 9.52 Å². The Morgan fingerprint density at radius 3 is 2.53 bits per heavy atom. The van der Waals surface area contributed by atoms with Crippen molar-refractivity contribution in [2.75, 3.05) is 0 Å². The van der Waals surface area contributed by atoms with Crippen LogP contribution in [-0.2, 0) is 6.42 Å². The molecule has 88 valence electrons. The minimum absolute atomic E-state index is 0.122. The standard InChI is InChI=1S/C12H10BrNO3/c1-2-9-10(15)14-11(17-12(9)16)7-3-5-8(13)6-4-7/h3-6,15H,2H2,1H3. The first kappa shape index (κ1) is 11.9. The van der Waals surface area contributed by atoms with Gasteiger partial charge in [-0.2, -0.15) is 4.98 Å². The van der Waals surface area contributed by atoms with E-state index in [0.29, 0.717) is 12.0 Å². The summed E-state index contributed by atoms with van der Waals surface area (Å²) in [5.41, 5.74) is 0.298. The third-order valence-corrected chi connectivity index (χ3v) is 2.89. The van der Waals surface area contributed by atoms with Gasteiger partial charge < -0.3 is 9.52 Å². The van der Waals surface area contributed by atoms with Crippen LogP contribution < -0.4 is 5.63 Å². The van der Waals surface area contributed by atoms with Crippen molar-refractivity contribution in [3.05, 3.63) is 44.7 Å². The normalized spacial score (nSPS) is 10.5. The van der Waals surface area contributed by atoms with Crippen LogP contribution in [0.25, 0.3) is 11.5 Å². The molecule has 1 heterocycles. The third kappa shape index (κ3) is 2.39. The number of halogens is 1. The second-order valence-electron chi connectivity index (χ2n) is 3.47. The zero-order valence-electron chi connectivity index (χ0n) is 9.11. The van der Waals surface area contributed by atoms with Crippen molar-refractivity contribution in [1.29, 1.82) is 0 Å². The summed E-state index contributed by atoms with van der Waals surface area (Å²) in [4.78, 5) is 15.4. The molecule has 0 amide bonds. The zero-order chi connectivity index (χ0) is 12.4. The van der Waals surface area contributed by atoms with Gasteiger partial charge in [0, 0.05) is 10.0 Å². The molecule has 0 fully saturated rings. The molecule has 2 rings (SSSR count).